The van der Waals surface area contributed by atoms with Crippen LogP contribution in [-0.2, 0) is 4.79 Å². The van der Waals surface area contributed by atoms with Crippen LogP contribution in [0.5, 0.6) is 0 Å². The van der Waals surface area contributed by atoms with Gasteiger partial charge in [-0.05, 0) is 32.6 Å². The predicted octanol–water partition coefficient (Wildman–Crippen LogP) is 2.87. The smallest absolute Gasteiger partial charge is 0.239 e. The fourth-order valence-corrected chi connectivity index (χ4v) is 2.59. The molecule has 3 nitrogen and oxygen atoms in total. The Morgan fingerprint density at radius 1 is 1.22 bits per heavy atom. The van der Waals surface area contributed by atoms with Gasteiger partial charge in [-0.2, -0.15) is 0 Å². The van der Waals surface area contributed by atoms with E-state index in [-0.39, 0.29) is 24.4 Å². The average molecular weight is 277 g/mol. The van der Waals surface area contributed by atoms with Gasteiger partial charge in [0, 0.05) is 6.04 Å². The molecule has 1 aliphatic rings. The maximum Gasteiger partial charge on any atom is 0.239 e. The summed E-state index contributed by atoms with van der Waals surface area (Å²) in [5.41, 5.74) is 5.02. The topological polar surface area (TPSA) is 55.1 Å². The second-order valence-electron chi connectivity index (χ2n) is 6.24. The summed E-state index contributed by atoms with van der Waals surface area (Å²) >= 11 is 0. The van der Waals surface area contributed by atoms with Gasteiger partial charge < -0.3 is 11.1 Å². The van der Waals surface area contributed by atoms with Gasteiger partial charge in [0.15, 0.2) is 0 Å². The van der Waals surface area contributed by atoms with Crippen molar-refractivity contribution >= 4 is 18.3 Å². The third-order valence-electron chi connectivity index (χ3n) is 4.13. The number of hydrogen-bond donors (Lipinski definition) is 2. The Hall–Kier alpha value is -0.280. The highest BCUT2D eigenvalue weighted by Gasteiger charge is 2.28. The lowest BCUT2D eigenvalue weighted by molar-refractivity contribution is -0.126. The number of nitrogens with two attached hydrogens (primary N) is 1. The van der Waals surface area contributed by atoms with Gasteiger partial charge >= 0.3 is 0 Å². The Morgan fingerprint density at radius 2 is 1.72 bits per heavy atom. The molecule has 1 amide bonds. The molecule has 0 saturated heterocycles. The lowest BCUT2D eigenvalue weighted by Gasteiger charge is -2.33. The Balaban J connectivity index is 0.00000289. The van der Waals surface area contributed by atoms with E-state index in [1.165, 1.54) is 32.1 Å². The molecule has 1 fully saturated rings. The maximum atomic E-state index is 11.8. The Labute approximate surface area is 118 Å². The van der Waals surface area contributed by atoms with Gasteiger partial charge in [0.05, 0.1) is 5.54 Å². The lowest BCUT2D eigenvalue weighted by Crippen LogP contribution is -2.53. The molecule has 0 aromatic rings. The van der Waals surface area contributed by atoms with Crippen LogP contribution in [0, 0.1) is 11.8 Å². The predicted molar refractivity (Wildman–Crippen MR) is 78.9 cm³/mol. The van der Waals surface area contributed by atoms with Gasteiger partial charge in [0.1, 0.15) is 0 Å². The third kappa shape index (κ3) is 5.15. The zero-order chi connectivity index (χ0) is 13.1. The Kier molecular flexibility index (Phi) is 7.23. The van der Waals surface area contributed by atoms with E-state index < -0.39 is 5.54 Å². The first-order valence-corrected chi connectivity index (χ1v) is 6.92. The molecule has 0 heterocycles. The molecule has 0 radical (unpaired) electrons. The fraction of sp³-hybridized carbons (Fsp3) is 0.929. The molecule has 18 heavy (non-hydrogen) atoms. The molecule has 2 unspecified atom stereocenters. The third-order valence-corrected chi connectivity index (χ3v) is 4.13. The van der Waals surface area contributed by atoms with Crippen LogP contribution in [-0.4, -0.2) is 17.5 Å². The van der Waals surface area contributed by atoms with Crippen LogP contribution in [0.2, 0.25) is 0 Å². The summed E-state index contributed by atoms with van der Waals surface area (Å²) in [4.78, 5) is 11.8. The van der Waals surface area contributed by atoms with Crippen LogP contribution in [0.15, 0.2) is 0 Å². The minimum absolute atomic E-state index is 0. The summed E-state index contributed by atoms with van der Waals surface area (Å²) < 4.78 is 0. The quantitative estimate of drug-likeness (QED) is 0.830. The van der Waals surface area contributed by atoms with Crippen molar-refractivity contribution in [1.82, 2.24) is 5.32 Å². The summed E-state index contributed by atoms with van der Waals surface area (Å²) in [6.07, 6.45) is 6.69. The number of hydrogen-bond acceptors (Lipinski definition) is 2. The minimum Gasteiger partial charge on any atom is -0.352 e. The van der Waals surface area contributed by atoms with E-state index in [0.717, 1.165) is 5.92 Å². The van der Waals surface area contributed by atoms with Gasteiger partial charge in [-0.3, -0.25) is 4.79 Å². The highest BCUT2D eigenvalue weighted by atomic mass is 35.5. The highest BCUT2D eigenvalue weighted by molar-refractivity contribution is 5.85. The summed E-state index contributed by atoms with van der Waals surface area (Å²) in [5, 5.41) is 3.05. The lowest BCUT2D eigenvalue weighted by atomic mass is 9.78. The van der Waals surface area contributed by atoms with Crippen molar-refractivity contribution in [1.29, 1.82) is 0 Å². The fourth-order valence-electron chi connectivity index (χ4n) is 2.59. The molecule has 1 aliphatic carbocycles. The molecule has 108 valence electrons. The van der Waals surface area contributed by atoms with E-state index in [1.54, 1.807) is 13.8 Å². The molecule has 0 aromatic carbocycles. The zero-order valence-electron chi connectivity index (χ0n) is 12.2. The number of amides is 1. The van der Waals surface area contributed by atoms with Gasteiger partial charge in [0.2, 0.25) is 5.91 Å². The van der Waals surface area contributed by atoms with Crippen LogP contribution in [0.25, 0.3) is 0 Å². The Morgan fingerprint density at radius 3 is 2.17 bits per heavy atom. The van der Waals surface area contributed by atoms with Crippen LogP contribution >= 0.6 is 12.4 Å². The zero-order valence-corrected chi connectivity index (χ0v) is 13.0. The number of rotatable bonds is 4. The van der Waals surface area contributed by atoms with E-state index in [9.17, 15) is 4.79 Å². The second-order valence-corrected chi connectivity index (χ2v) is 6.24. The van der Waals surface area contributed by atoms with Crippen LogP contribution in [0.1, 0.15) is 59.8 Å². The average Bonchev–Trinajstić information content (AvgIpc) is 2.27. The standard InChI is InChI=1S/C14H28N2O.ClH/c1-10(12-8-6-5-7-9-12)11(2)16-13(17)14(3,4)15;/h10-12H,5-9,15H2,1-4H3,(H,16,17);1H. The number of carbonyl (C=O) groups is 1. The van der Waals surface area contributed by atoms with Gasteiger partial charge in [0.25, 0.3) is 0 Å². The van der Waals surface area contributed by atoms with Crippen LogP contribution in [0.4, 0.5) is 0 Å². The van der Waals surface area contributed by atoms with E-state index >= 15 is 0 Å². The first kappa shape index (κ1) is 17.7. The van der Waals surface area contributed by atoms with Crippen molar-refractivity contribution in [2.45, 2.75) is 71.4 Å². The number of carbonyl (C=O) groups excluding carboxylic acids is 1. The molecular formula is C14H29ClN2O. The van der Waals surface area contributed by atoms with E-state index in [4.69, 9.17) is 5.73 Å². The van der Waals surface area contributed by atoms with Crippen molar-refractivity contribution in [3.8, 4) is 0 Å². The van der Waals surface area contributed by atoms with Crippen molar-refractivity contribution in [3.63, 3.8) is 0 Å². The van der Waals surface area contributed by atoms with Crippen molar-refractivity contribution in [3.05, 3.63) is 0 Å². The van der Waals surface area contributed by atoms with Crippen LogP contribution in [0.3, 0.4) is 0 Å². The summed E-state index contributed by atoms with van der Waals surface area (Å²) in [7, 11) is 0. The molecule has 0 bridgehead atoms. The first-order valence-electron chi connectivity index (χ1n) is 6.92. The summed E-state index contributed by atoms with van der Waals surface area (Å²) in [6, 6.07) is 0.216. The molecule has 1 saturated carbocycles. The number of nitrogens with one attached hydrogen (secondary N) is 1. The minimum atomic E-state index is -0.777. The molecule has 1 rings (SSSR count). The molecule has 0 aliphatic heterocycles. The van der Waals surface area contributed by atoms with Gasteiger partial charge in [-0.1, -0.05) is 39.0 Å². The first-order chi connectivity index (χ1) is 7.82. The molecule has 0 spiro atoms. The van der Waals surface area contributed by atoms with Gasteiger partial charge in [-0.15, -0.1) is 12.4 Å². The largest absolute Gasteiger partial charge is 0.352 e. The van der Waals surface area contributed by atoms with Crippen molar-refractivity contribution < 1.29 is 4.79 Å². The summed E-state index contributed by atoms with van der Waals surface area (Å²) in [5.74, 6) is 1.26. The van der Waals surface area contributed by atoms with Crippen molar-refractivity contribution in [2.24, 2.45) is 17.6 Å². The van der Waals surface area contributed by atoms with E-state index in [2.05, 4.69) is 19.2 Å². The van der Waals surface area contributed by atoms with E-state index in [1.807, 2.05) is 0 Å². The van der Waals surface area contributed by atoms with Crippen molar-refractivity contribution in [2.75, 3.05) is 0 Å². The normalized spacial score (nSPS) is 20.7. The molecule has 2 atom stereocenters. The monoisotopic (exact) mass is 276 g/mol. The molecule has 3 N–H and O–H groups in total. The second kappa shape index (κ2) is 7.34. The molecule has 4 heteroatoms. The van der Waals surface area contributed by atoms with Crippen LogP contribution < -0.4 is 11.1 Å². The molecule has 0 aromatic heterocycles. The Bertz CT molecular complexity index is 257. The van der Waals surface area contributed by atoms with Gasteiger partial charge in [-0.25, -0.2) is 0 Å². The summed E-state index contributed by atoms with van der Waals surface area (Å²) in [6.45, 7) is 7.86. The SMILES string of the molecule is CC(NC(=O)C(C)(C)N)C(C)C1CCCCC1.Cl. The number of halogens is 1. The molecular weight excluding hydrogens is 248 g/mol. The highest BCUT2D eigenvalue weighted by Crippen LogP contribution is 2.31. The maximum absolute atomic E-state index is 11.8. The van der Waals surface area contributed by atoms with E-state index in [0.29, 0.717) is 5.92 Å².